The number of benzene rings is 2. The van der Waals surface area contributed by atoms with E-state index in [2.05, 4.69) is 0 Å². The molecule has 2 rings (SSSR count). The van der Waals surface area contributed by atoms with Crippen molar-refractivity contribution in [2.24, 2.45) is 4.99 Å². The number of nitrogens with zero attached hydrogens (tertiary/aromatic N) is 1. The van der Waals surface area contributed by atoms with Gasteiger partial charge < -0.3 is 0 Å². The summed E-state index contributed by atoms with van der Waals surface area (Å²) in [6.45, 7) is 6.20. The molecule has 0 bridgehead atoms. The monoisotopic (exact) mass is 346 g/mol. The molecule has 0 unspecified atom stereocenters. The van der Waals surface area contributed by atoms with Gasteiger partial charge in [0, 0.05) is 6.92 Å². The van der Waals surface area contributed by atoms with Gasteiger partial charge in [-0.2, -0.15) is 13.9 Å². The Hall–Kier alpha value is -1.58. The van der Waals surface area contributed by atoms with Crippen LogP contribution in [0.25, 0.3) is 0 Å². The summed E-state index contributed by atoms with van der Waals surface area (Å²) in [4.78, 5) is 15.6. The number of aliphatic imine (C=N–C) groups is 1. The first-order chi connectivity index (χ1) is 11.6. The van der Waals surface area contributed by atoms with Crippen LogP contribution >= 0.6 is 7.94 Å². The molecule has 24 heavy (non-hydrogen) atoms. The molecule has 128 valence electrons. The third-order valence-electron chi connectivity index (χ3n) is 3.56. The van der Waals surface area contributed by atoms with E-state index in [9.17, 15) is 4.89 Å². The van der Waals surface area contributed by atoms with Gasteiger partial charge in [-0.1, -0.05) is 60.7 Å². The van der Waals surface area contributed by atoms with Gasteiger partial charge in [0.05, 0.1) is 13.2 Å². The molecular weight excluding hydrogens is 321 g/mol. The highest BCUT2D eigenvalue weighted by Crippen LogP contribution is 2.58. The molecular formula is C19H25NO3P+. The second-order valence-corrected chi connectivity index (χ2v) is 7.46. The first kappa shape index (κ1) is 18.8. The Morgan fingerprint density at radius 3 is 1.71 bits per heavy atom. The lowest BCUT2D eigenvalue weighted by atomic mass is 9.99. The fourth-order valence-corrected chi connectivity index (χ4v) is 3.86. The molecule has 0 saturated carbocycles. The van der Waals surface area contributed by atoms with Crippen molar-refractivity contribution in [3.8, 4) is 0 Å². The van der Waals surface area contributed by atoms with Gasteiger partial charge in [-0.25, -0.2) is 4.99 Å². The molecule has 0 aromatic heterocycles. The lowest BCUT2D eigenvalue weighted by Crippen LogP contribution is -2.12. The van der Waals surface area contributed by atoms with Crippen molar-refractivity contribution in [2.45, 2.75) is 26.8 Å². The Balaban J connectivity index is 2.44. The smallest absolute Gasteiger partial charge is 0.236 e. The predicted octanol–water partition coefficient (Wildman–Crippen LogP) is 5.02. The minimum atomic E-state index is -3.11. The second-order valence-electron chi connectivity index (χ2n) is 5.26. The Morgan fingerprint density at radius 2 is 1.33 bits per heavy atom. The Morgan fingerprint density at radius 1 is 0.917 bits per heavy atom. The van der Waals surface area contributed by atoms with Gasteiger partial charge in [-0.15, -0.1) is 0 Å². The molecule has 0 aliphatic carbocycles. The summed E-state index contributed by atoms with van der Waals surface area (Å²) in [5.74, 6) is 0. The van der Waals surface area contributed by atoms with Crippen molar-refractivity contribution in [3.63, 3.8) is 0 Å². The summed E-state index contributed by atoms with van der Waals surface area (Å²) < 4.78 is 11.0. The van der Waals surface area contributed by atoms with Crippen molar-refractivity contribution in [1.82, 2.24) is 0 Å². The molecule has 1 N–H and O–H groups in total. The highest BCUT2D eigenvalue weighted by atomic mass is 31.2. The third-order valence-corrected chi connectivity index (χ3v) is 5.71. The van der Waals surface area contributed by atoms with E-state index in [0.717, 1.165) is 11.1 Å². The summed E-state index contributed by atoms with van der Waals surface area (Å²) in [7, 11) is -3.11. The van der Waals surface area contributed by atoms with Crippen molar-refractivity contribution in [2.75, 3.05) is 13.2 Å². The van der Waals surface area contributed by atoms with E-state index in [1.807, 2.05) is 74.5 Å². The van der Waals surface area contributed by atoms with Gasteiger partial charge in [0.1, 0.15) is 6.04 Å². The van der Waals surface area contributed by atoms with E-state index in [4.69, 9.17) is 14.0 Å². The van der Waals surface area contributed by atoms with Gasteiger partial charge in [-0.3, -0.25) is 0 Å². The third kappa shape index (κ3) is 4.71. The Bertz CT molecular complexity index is 601. The summed E-state index contributed by atoms with van der Waals surface area (Å²) in [6, 6.07) is 19.8. The second kappa shape index (κ2) is 9.05. The Labute approximate surface area is 144 Å². The molecule has 0 fully saturated rings. The summed E-state index contributed by atoms with van der Waals surface area (Å²) in [5.41, 5.74) is 2.62. The average molecular weight is 346 g/mol. The molecule has 0 aliphatic heterocycles. The maximum absolute atomic E-state index is 10.8. The van der Waals surface area contributed by atoms with Gasteiger partial charge >= 0.3 is 7.94 Å². The zero-order valence-electron chi connectivity index (χ0n) is 14.4. The predicted molar refractivity (Wildman–Crippen MR) is 100 cm³/mol. The lowest BCUT2D eigenvalue weighted by molar-refractivity contribution is 0.203. The van der Waals surface area contributed by atoms with Crippen LogP contribution in [-0.2, 0) is 9.05 Å². The zero-order valence-corrected chi connectivity index (χ0v) is 15.3. The number of rotatable bonds is 8. The lowest BCUT2D eigenvalue weighted by Gasteiger charge is -2.18. The van der Waals surface area contributed by atoms with Crippen LogP contribution in [0.15, 0.2) is 65.7 Å². The van der Waals surface area contributed by atoms with Gasteiger partial charge in [0.2, 0.25) is 5.45 Å². The van der Waals surface area contributed by atoms with Gasteiger partial charge in [-0.05, 0) is 25.0 Å². The van der Waals surface area contributed by atoms with Crippen LogP contribution in [-0.4, -0.2) is 23.6 Å². The van der Waals surface area contributed by atoms with Crippen LogP contribution in [0.4, 0.5) is 0 Å². The highest BCUT2D eigenvalue weighted by molar-refractivity contribution is 7.78. The first-order valence-corrected chi connectivity index (χ1v) is 9.74. The van der Waals surface area contributed by atoms with Crippen LogP contribution < -0.4 is 0 Å². The molecule has 0 atom stereocenters. The zero-order chi connectivity index (χ0) is 17.4. The summed E-state index contributed by atoms with van der Waals surface area (Å²) in [6.07, 6.45) is 0. The summed E-state index contributed by atoms with van der Waals surface area (Å²) in [5, 5.41) is 0. The van der Waals surface area contributed by atoms with Crippen molar-refractivity contribution >= 4 is 13.4 Å². The maximum Gasteiger partial charge on any atom is 0.460 e. The van der Waals surface area contributed by atoms with E-state index >= 15 is 0 Å². The number of hydrogen-bond acceptors (Lipinski definition) is 4. The van der Waals surface area contributed by atoms with Gasteiger partial charge in [0.15, 0.2) is 0 Å². The standard InChI is InChI=1S/C19H25NO3P/c1-4-22-24(21,23-5-2)16(3)20-19(17-12-8-6-9-13-17)18-14-10-7-11-15-18/h6-15,19,21H,4-5H2,1-3H3/q+1. The molecule has 0 saturated heterocycles. The first-order valence-electron chi connectivity index (χ1n) is 8.16. The van der Waals surface area contributed by atoms with Crippen LogP contribution in [0, 0.1) is 0 Å². The van der Waals surface area contributed by atoms with Crippen molar-refractivity contribution < 1.29 is 13.9 Å². The largest absolute Gasteiger partial charge is 0.460 e. The van der Waals surface area contributed by atoms with Crippen molar-refractivity contribution in [3.05, 3.63) is 71.8 Å². The van der Waals surface area contributed by atoms with E-state index in [1.54, 1.807) is 6.92 Å². The van der Waals surface area contributed by atoms with Crippen LogP contribution in [0.5, 0.6) is 0 Å². The van der Waals surface area contributed by atoms with E-state index in [-0.39, 0.29) is 6.04 Å². The average Bonchev–Trinajstić information content (AvgIpc) is 2.61. The van der Waals surface area contributed by atoms with E-state index < -0.39 is 7.94 Å². The fourth-order valence-electron chi connectivity index (χ4n) is 2.45. The van der Waals surface area contributed by atoms with Crippen LogP contribution in [0.2, 0.25) is 0 Å². The molecule has 0 heterocycles. The maximum atomic E-state index is 10.8. The van der Waals surface area contributed by atoms with Crippen LogP contribution in [0.1, 0.15) is 37.9 Å². The SMILES string of the molecule is CCO[P+](O)(OCC)C(C)=NC(c1ccccc1)c1ccccc1. The molecule has 0 aliphatic rings. The van der Waals surface area contributed by atoms with Gasteiger partial charge in [0.25, 0.3) is 0 Å². The highest BCUT2D eigenvalue weighted by Gasteiger charge is 2.45. The van der Waals surface area contributed by atoms with E-state index in [0.29, 0.717) is 18.7 Å². The molecule has 2 aromatic carbocycles. The Kier molecular flexibility index (Phi) is 7.07. The normalized spacial score (nSPS) is 12.6. The molecule has 0 spiro atoms. The summed E-state index contributed by atoms with van der Waals surface area (Å²) >= 11 is 0. The molecule has 0 amide bonds. The minimum absolute atomic E-state index is 0.208. The topological polar surface area (TPSA) is 51.0 Å². The van der Waals surface area contributed by atoms with E-state index in [1.165, 1.54) is 0 Å². The fraction of sp³-hybridized carbons (Fsp3) is 0.316. The molecule has 0 radical (unpaired) electrons. The minimum Gasteiger partial charge on any atom is -0.236 e. The number of hydrogen-bond donors (Lipinski definition) is 1. The molecule has 5 heteroatoms. The molecule has 4 nitrogen and oxygen atoms in total. The van der Waals surface area contributed by atoms with Crippen molar-refractivity contribution in [1.29, 1.82) is 0 Å². The quantitative estimate of drug-likeness (QED) is 0.539. The molecule has 2 aromatic rings. The van der Waals surface area contributed by atoms with Crippen LogP contribution in [0.3, 0.4) is 0 Å².